The molecule has 0 spiro atoms. The Morgan fingerprint density at radius 2 is 1.95 bits per heavy atom. The van der Waals surface area contributed by atoms with Gasteiger partial charge in [-0.2, -0.15) is 0 Å². The van der Waals surface area contributed by atoms with Crippen molar-refractivity contribution in [2.45, 2.75) is 6.61 Å². The molecule has 0 saturated carbocycles. The minimum atomic E-state index is -0.474. The van der Waals surface area contributed by atoms with Gasteiger partial charge in [-0.1, -0.05) is 30.3 Å². The molecule has 0 amide bonds. The number of nitro benzene ring substituents is 1. The molecule has 7 heteroatoms. The predicted molar refractivity (Wildman–Crippen MR) is 82.6 cm³/mol. The van der Waals surface area contributed by atoms with Crippen molar-refractivity contribution < 1.29 is 9.66 Å². The third kappa shape index (κ3) is 3.57. The van der Waals surface area contributed by atoms with Gasteiger partial charge in [0.1, 0.15) is 22.7 Å². The van der Waals surface area contributed by atoms with Crippen molar-refractivity contribution >= 4 is 27.5 Å². The highest BCUT2D eigenvalue weighted by molar-refractivity contribution is 9.10. The number of ether oxygens (including phenoxy) is 1. The van der Waals surface area contributed by atoms with Crippen molar-refractivity contribution in [1.82, 2.24) is 0 Å². The number of nitro groups is 1. The van der Waals surface area contributed by atoms with Crippen molar-refractivity contribution in [1.29, 1.82) is 5.41 Å². The first-order valence-corrected chi connectivity index (χ1v) is 6.77. The molecule has 21 heavy (non-hydrogen) atoms. The van der Waals surface area contributed by atoms with Crippen LogP contribution in [0.1, 0.15) is 11.1 Å². The zero-order valence-corrected chi connectivity index (χ0v) is 12.5. The topological polar surface area (TPSA) is 102 Å². The summed E-state index contributed by atoms with van der Waals surface area (Å²) < 4.78 is 5.89. The second-order valence-electron chi connectivity index (χ2n) is 4.25. The van der Waals surface area contributed by atoms with Crippen molar-refractivity contribution in [3.8, 4) is 5.75 Å². The molecule has 0 aliphatic heterocycles. The SMILES string of the molecule is N=C(N)c1ccc(COc2cccc([N+](=O)[O-])c2Br)cc1. The molecule has 0 fully saturated rings. The second-order valence-corrected chi connectivity index (χ2v) is 5.04. The zero-order valence-electron chi connectivity index (χ0n) is 10.9. The van der Waals surface area contributed by atoms with Gasteiger partial charge in [-0.15, -0.1) is 0 Å². The Hall–Kier alpha value is -2.41. The molecule has 0 unspecified atom stereocenters. The Bertz CT molecular complexity index is 686. The fourth-order valence-electron chi connectivity index (χ4n) is 1.69. The Kier molecular flexibility index (Phi) is 4.54. The molecule has 0 aliphatic carbocycles. The number of rotatable bonds is 5. The van der Waals surface area contributed by atoms with Crippen molar-refractivity contribution in [2.75, 3.05) is 0 Å². The van der Waals surface area contributed by atoms with Crippen LogP contribution in [0.15, 0.2) is 46.9 Å². The average molecular weight is 350 g/mol. The van der Waals surface area contributed by atoms with E-state index in [4.69, 9.17) is 15.9 Å². The summed E-state index contributed by atoms with van der Waals surface area (Å²) in [5.41, 5.74) is 6.84. The standard InChI is InChI=1S/C14H12BrN3O3/c15-13-11(18(19)20)2-1-3-12(13)21-8-9-4-6-10(7-5-9)14(16)17/h1-7H,8H2,(H3,16,17). The molecule has 0 bridgehead atoms. The fourth-order valence-corrected chi connectivity index (χ4v) is 2.22. The highest BCUT2D eigenvalue weighted by atomic mass is 79.9. The molecule has 108 valence electrons. The molecule has 0 aromatic heterocycles. The Morgan fingerprint density at radius 1 is 1.29 bits per heavy atom. The molecule has 2 aromatic rings. The van der Waals surface area contributed by atoms with Crippen LogP contribution in [-0.4, -0.2) is 10.8 Å². The van der Waals surface area contributed by atoms with Crippen LogP contribution in [0.5, 0.6) is 5.75 Å². The predicted octanol–water partition coefficient (Wildman–Crippen LogP) is 3.22. The van der Waals surface area contributed by atoms with Crippen LogP contribution in [0.25, 0.3) is 0 Å². The largest absolute Gasteiger partial charge is 0.487 e. The summed E-state index contributed by atoms with van der Waals surface area (Å²) in [5, 5.41) is 18.1. The van der Waals surface area contributed by atoms with Gasteiger partial charge in [0.2, 0.25) is 0 Å². The van der Waals surface area contributed by atoms with E-state index in [1.54, 1.807) is 36.4 Å². The number of hydrogen-bond acceptors (Lipinski definition) is 4. The maximum atomic E-state index is 10.8. The van der Waals surface area contributed by atoms with Crippen molar-refractivity contribution in [3.63, 3.8) is 0 Å². The van der Waals surface area contributed by atoms with E-state index in [1.807, 2.05) is 0 Å². The van der Waals surface area contributed by atoms with Crippen molar-refractivity contribution in [2.24, 2.45) is 5.73 Å². The van der Waals surface area contributed by atoms with E-state index in [1.165, 1.54) is 6.07 Å². The van der Waals surface area contributed by atoms with Crippen LogP contribution in [0, 0.1) is 15.5 Å². The van der Waals surface area contributed by atoms with Crippen LogP contribution in [0.3, 0.4) is 0 Å². The Labute approximate surface area is 129 Å². The minimum Gasteiger partial charge on any atom is -0.487 e. The van der Waals surface area contributed by atoms with E-state index >= 15 is 0 Å². The van der Waals surface area contributed by atoms with Crippen molar-refractivity contribution in [3.05, 3.63) is 68.2 Å². The summed E-state index contributed by atoms with van der Waals surface area (Å²) in [7, 11) is 0. The van der Waals surface area contributed by atoms with Gasteiger partial charge in [0.15, 0.2) is 0 Å². The fraction of sp³-hybridized carbons (Fsp3) is 0.0714. The zero-order chi connectivity index (χ0) is 15.4. The number of hydrogen-bond donors (Lipinski definition) is 2. The molecule has 2 aromatic carbocycles. The highest BCUT2D eigenvalue weighted by Gasteiger charge is 2.15. The minimum absolute atomic E-state index is 0.00361. The van der Waals surface area contributed by atoms with E-state index in [-0.39, 0.29) is 18.1 Å². The number of nitrogens with zero attached hydrogens (tertiary/aromatic N) is 1. The van der Waals surface area contributed by atoms with Gasteiger partial charge >= 0.3 is 0 Å². The lowest BCUT2D eigenvalue weighted by atomic mass is 10.1. The van der Waals surface area contributed by atoms with Crippen LogP contribution in [0.2, 0.25) is 0 Å². The molecular weight excluding hydrogens is 338 g/mol. The third-order valence-corrected chi connectivity index (χ3v) is 3.60. The van der Waals surface area contributed by atoms with Crippen LogP contribution in [-0.2, 0) is 6.61 Å². The summed E-state index contributed by atoms with van der Waals surface area (Å²) in [5.74, 6) is 0.406. The monoisotopic (exact) mass is 349 g/mol. The summed E-state index contributed by atoms with van der Waals surface area (Å²) in [4.78, 5) is 10.4. The second kappa shape index (κ2) is 6.36. The molecule has 0 heterocycles. The van der Waals surface area contributed by atoms with E-state index in [0.717, 1.165) is 5.56 Å². The summed E-state index contributed by atoms with van der Waals surface area (Å²) >= 11 is 3.17. The first-order valence-electron chi connectivity index (χ1n) is 5.98. The third-order valence-electron chi connectivity index (χ3n) is 2.80. The molecule has 6 nitrogen and oxygen atoms in total. The molecular formula is C14H12BrN3O3. The normalized spacial score (nSPS) is 10.1. The molecule has 0 radical (unpaired) electrons. The van der Waals surface area contributed by atoms with Gasteiger partial charge in [0.25, 0.3) is 5.69 Å². The number of nitrogen functional groups attached to an aromatic ring is 1. The Morgan fingerprint density at radius 3 is 2.52 bits per heavy atom. The van der Waals surface area contributed by atoms with Crippen LogP contribution >= 0.6 is 15.9 Å². The van der Waals surface area contributed by atoms with Gasteiger partial charge in [-0.25, -0.2) is 0 Å². The number of benzene rings is 2. The number of halogens is 1. The van der Waals surface area contributed by atoms with E-state index in [0.29, 0.717) is 15.8 Å². The van der Waals surface area contributed by atoms with Crippen LogP contribution < -0.4 is 10.5 Å². The van der Waals surface area contributed by atoms with E-state index in [2.05, 4.69) is 15.9 Å². The van der Waals surface area contributed by atoms with Gasteiger partial charge in [0.05, 0.1) is 4.92 Å². The lowest BCUT2D eigenvalue weighted by Gasteiger charge is -2.08. The van der Waals surface area contributed by atoms with Gasteiger partial charge in [-0.3, -0.25) is 15.5 Å². The first kappa shape index (κ1) is 15.0. The number of nitrogens with one attached hydrogen (secondary N) is 1. The Balaban J connectivity index is 2.11. The quantitative estimate of drug-likeness (QED) is 0.374. The maximum Gasteiger partial charge on any atom is 0.287 e. The summed E-state index contributed by atoms with van der Waals surface area (Å²) in [6.07, 6.45) is 0. The summed E-state index contributed by atoms with van der Waals surface area (Å²) in [6, 6.07) is 11.7. The first-order chi connectivity index (χ1) is 9.99. The molecule has 0 saturated heterocycles. The van der Waals surface area contributed by atoms with Gasteiger partial charge < -0.3 is 10.5 Å². The average Bonchev–Trinajstić information content (AvgIpc) is 2.46. The van der Waals surface area contributed by atoms with Crippen LogP contribution in [0.4, 0.5) is 5.69 Å². The molecule has 3 N–H and O–H groups in total. The lowest BCUT2D eigenvalue weighted by Crippen LogP contribution is -2.10. The summed E-state index contributed by atoms with van der Waals surface area (Å²) in [6.45, 7) is 0.262. The van der Waals surface area contributed by atoms with Gasteiger partial charge in [0, 0.05) is 11.6 Å². The van der Waals surface area contributed by atoms with Gasteiger partial charge in [-0.05, 0) is 27.6 Å². The molecule has 0 atom stereocenters. The number of amidine groups is 1. The maximum absolute atomic E-state index is 10.8. The molecule has 0 aliphatic rings. The highest BCUT2D eigenvalue weighted by Crippen LogP contribution is 2.34. The lowest BCUT2D eigenvalue weighted by molar-refractivity contribution is -0.385. The van der Waals surface area contributed by atoms with E-state index in [9.17, 15) is 10.1 Å². The van der Waals surface area contributed by atoms with E-state index < -0.39 is 4.92 Å². The molecule has 2 rings (SSSR count). The smallest absolute Gasteiger partial charge is 0.287 e. The number of nitrogens with two attached hydrogens (primary N) is 1.